The number of hydrogen-bond acceptors (Lipinski definition) is 2. The van der Waals surface area contributed by atoms with Crippen LogP contribution in [0.4, 0.5) is 0 Å². The third kappa shape index (κ3) is 7.10. The summed E-state index contributed by atoms with van der Waals surface area (Å²) in [5.41, 5.74) is 1.67. The molecule has 0 N–H and O–H groups in total. The number of unbranched alkanes of at least 4 members (excludes halogenated alkanes) is 9. The summed E-state index contributed by atoms with van der Waals surface area (Å²) in [4.78, 5) is 0. The Morgan fingerprint density at radius 2 is 1.50 bits per heavy atom. The van der Waals surface area contributed by atoms with Gasteiger partial charge in [0.05, 0.1) is 11.6 Å². The molecule has 0 fully saturated rings. The number of hydrogen-bond donors (Lipinski definition) is 0. The maximum Gasteiger partial charge on any atom is 0.379 e. The van der Waals surface area contributed by atoms with Gasteiger partial charge in [-0.25, -0.2) is 4.57 Å². The zero-order valence-corrected chi connectivity index (χ0v) is 20.3. The summed E-state index contributed by atoms with van der Waals surface area (Å²) in [7, 11) is -0.488. The summed E-state index contributed by atoms with van der Waals surface area (Å²) in [5, 5.41) is 0.620. The van der Waals surface area contributed by atoms with Crippen molar-refractivity contribution in [1.29, 1.82) is 0 Å². The van der Waals surface area contributed by atoms with Crippen molar-refractivity contribution in [3.05, 3.63) is 41.8 Å². The van der Waals surface area contributed by atoms with Gasteiger partial charge < -0.3 is 0 Å². The van der Waals surface area contributed by atoms with Crippen molar-refractivity contribution in [2.45, 2.75) is 77.7 Å². The van der Waals surface area contributed by atoms with Crippen LogP contribution in [0.5, 0.6) is 0 Å². The van der Waals surface area contributed by atoms with E-state index < -0.39 is 10.2 Å². The summed E-state index contributed by atoms with van der Waals surface area (Å²) in [6, 6.07) is 7.56. The molecule has 0 aliphatic rings. The first-order valence-corrected chi connectivity index (χ1v) is 12.9. The Morgan fingerprint density at radius 1 is 0.933 bits per heavy atom. The average Bonchev–Trinajstić information content (AvgIpc) is 3.14. The zero-order chi connectivity index (χ0) is 22.0. The Kier molecular flexibility index (Phi) is 10.4. The lowest BCUT2D eigenvalue weighted by Crippen LogP contribution is -2.48. The lowest BCUT2D eigenvalue weighted by Gasteiger charge is -2.05. The van der Waals surface area contributed by atoms with Crippen LogP contribution in [0.1, 0.15) is 71.1 Å². The van der Waals surface area contributed by atoms with Gasteiger partial charge >= 0.3 is 10.2 Å². The van der Waals surface area contributed by atoms with Crippen LogP contribution in [-0.4, -0.2) is 31.4 Å². The highest BCUT2D eigenvalue weighted by Crippen LogP contribution is 2.27. The number of halogens is 1. The van der Waals surface area contributed by atoms with E-state index in [1.165, 1.54) is 73.7 Å². The second-order valence-corrected chi connectivity index (χ2v) is 10.6. The van der Waals surface area contributed by atoms with Crippen LogP contribution in [0.3, 0.4) is 0 Å². The van der Waals surface area contributed by atoms with E-state index in [1.807, 2.05) is 28.8 Å². The van der Waals surface area contributed by atoms with Gasteiger partial charge in [-0.1, -0.05) is 82.0 Å². The van der Waals surface area contributed by atoms with Gasteiger partial charge in [0.15, 0.2) is 11.9 Å². The smallest absolute Gasteiger partial charge is 0.229 e. The van der Waals surface area contributed by atoms with E-state index in [4.69, 9.17) is 11.6 Å². The third-order valence-electron chi connectivity index (χ3n) is 5.44. The van der Waals surface area contributed by atoms with Crippen LogP contribution >= 0.6 is 11.6 Å². The van der Waals surface area contributed by atoms with Crippen molar-refractivity contribution < 1.29 is 12.4 Å². The molecule has 7 heteroatoms. The fraction of sp³-hybridized carbons (Fsp3) is 0.609. The topological polar surface area (TPSA) is 46.2 Å². The predicted molar refractivity (Wildman–Crippen MR) is 125 cm³/mol. The Hall–Kier alpha value is -1.37. The van der Waals surface area contributed by atoms with Crippen LogP contribution in [-0.2, 0) is 16.8 Å². The minimum absolute atomic E-state index is 0.620. The molecule has 0 saturated carbocycles. The van der Waals surface area contributed by atoms with Crippen molar-refractivity contribution >= 4 is 21.8 Å². The molecular weight excluding hydrogens is 418 g/mol. The minimum Gasteiger partial charge on any atom is -0.229 e. The van der Waals surface area contributed by atoms with E-state index in [9.17, 15) is 8.42 Å². The van der Waals surface area contributed by atoms with Crippen LogP contribution in [0.15, 0.2) is 36.8 Å². The van der Waals surface area contributed by atoms with E-state index in [0.717, 1.165) is 30.6 Å². The third-order valence-corrected chi connectivity index (χ3v) is 7.43. The molecule has 30 heavy (non-hydrogen) atoms. The predicted octanol–water partition coefficient (Wildman–Crippen LogP) is 5.67. The molecule has 2 aromatic rings. The Balaban J connectivity index is 1.98. The Morgan fingerprint density at radius 3 is 2.07 bits per heavy atom. The Bertz CT molecular complexity index is 878. The van der Waals surface area contributed by atoms with Gasteiger partial charge in [0.25, 0.3) is 6.33 Å². The number of benzene rings is 1. The van der Waals surface area contributed by atoms with Crippen LogP contribution in [0.25, 0.3) is 11.3 Å². The first kappa shape index (κ1) is 24.9. The molecule has 0 unspecified atom stereocenters. The van der Waals surface area contributed by atoms with Gasteiger partial charge in [-0.05, 0) is 25.0 Å². The number of aromatic nitrogens is 2. The largest absolute Gasteiger partial charge is 0.379 e. The second-order valence-electron chi connectivity index (χ2n) is 8.11. The molecule has 1 aromatic heterocycles. The molecule has 0 radical (unpaired) electrons. The molecule has 0 aliphatic heterocycles. The van der Waals surface area contributed by atoms with Crippen molar-refractivity contribution in [2.75, 3.05) is 14.1 Å². The number of rotatable bonds is 14. The first-order chi connectivity index (χ1) is 14.4. The Labute approximate surface area is 187 Å². The van der Waals surface area contributed by atoms with Gasteiger partial charge in [0.1, 0.15) is 0 Å². The molecule has 2 rings (SSSR count). The lowest BCUT2D eigenvalue weighted by atomic mass is 10.1. The molecule has 0 aliphatic carbocycles. The maximum atomic E-state index is 12.6. The molecule has 0 bridgehead atoms. The highest BCUT2D eigenvalue weighted by Gasteiger charge is 2.27. The quantitative estimate of drug-likeness (QED) is 0.272. The second kappa shape index (κ2) is 12.5. The van der Waals surface area contributed by atoms with E-state index in [0.29, 0.717) is 5.02 Å². The summed E-state index contributed by atoms with van der Waals surface area (Å²) in [6.07, 6.45) is 16.0. The lowest BCUT2D eigenvalue weighted by molar-refractivity contribution is -0.514. The molecule has 5 nitrogen and oxygen atoms in total. The van der Waals surface area contributed by atoms with Gasteiger partial charge in [-0.3, -0.25) is 0 Å². The standard InChI is InChI=1S/C23H37ClN3O2S/c1-4-5-6-7-8-9-10-11-12-15-18-26-20-27(30(28,29)25(2)3)19-23(26)21-16-13-14-17-22(21)24/h13-14,16-17,19-20H,4-12,15,18H2,1-3H3/q+1. The normalized spacial score (nSPS) is 12.0. The van der Waals surface area contributed by atoms with Crippen LogP contribution < -0.4 is 3.97 Å². The van der Waals surface area contributed by atoms with Crippen molar-refractivity contribution in [1.82, 2.24) is 8.87 Å². The number of imidazole rings is 1. The molecule has 168 valence electrons. The average molecular weight is 455 g/mol. The van der Waals surface area contributed by atoms with Crippen LogP contribution in [0, 0.1) is 0 Å². The molecule has 1 aromatic carbocycles. The number of nitrogens with zero attached hydrogens (tertiary/aromatic N) is 3. The highest BCUT2D eigenvalue weighted by atomic mass is 35.5. The molecule has 1 heterocycles. The fourth-order valence-electron chi connectivity index (χ4n) is 3.58. The molecule has 0 spiro atoms. The molecule has 0 amide bonds. The number of aryl methyl sites for hydroxylation is 1. The van der Waals surface area contributed by atoms with Gasteiger partial charge in [0.2, 0.25) is 0 Å². The maximum absolute atomic E-state index is 12.6. The van der Waals surface area contributed by atoms with E-state index in [-0.39, 0.29) is 0 Å². The first-order valence-electron chi connectivity index (χ1n) is 11.2. The fourth-order valence-corrected chi connectivity index (χ4v) is 4.66. The van der Waals surface area contributed by atoms with Crippen LogP contribution in [0.2, 0.25) is 5.02 Å². The molecule has 0 atom stereocenters. The summed E-state index contributed by atoms with van der Waals surface area (Å²) >= 11 is 6.40. The molecular formula is C23H37ClN3O2S+. The van der Waals surface area contributed by atoms with Crippen molar-refractivity contribution in [3.63, 3.8) is 0 Å². The van der Waals surface area contributed by atoms with Crippen molar-refractivity contribution in [3.8, 4) is 11.3 Å². The summed E-state index contributed by atoms with van der Waals surface area (Å²) in [6.45, 7) is 3.02. The van der Waals surface area contributed by atoms with E-state index >= 15 is 0 Å². The highest BCUT2D eigenvalue weighted by molar-refractivity contribution is 7.82. The zero-order valence-electron chi connectivity index (χ0n) is 18.7. The minimum atomic E-state index is -3.57. The van der Waals surface area contributed by atoms with Gasteiger partial charge in [0, 0.05) is 19.7 Å². The van der Waals surface area contributed by atoms with Crippen molar-refractivity contribution in [2.24, 2.45) is 0 Å². The van der Waals surface area contributed by atoms with Gasteiger partial charge in [-0.2, -0.15) is 12.7 Å². The van der Waals surface area contributed by atoms with E-state index in [1.54, 1.807) is 12.5 Å². The summed E-state index contributed by atoms with van der Waals surface area (Å²) < 4.78 is 29.7. The van der Waals surface area contributed by atoms with Gasteiger partial charge in [-0.15, -0.1) is 3.97 Å². The van der Waals surface area contributed by atoms with E-state index in [2.05, 4.69) is 6.92 Å². The molecule has 0 saturated heterocycles. The summed E-state index contributed by atoms with van der Waals surface area (Å²) in [5.74, 6) is 0. The SMILES string of the molecule is CCCCCCCCCCCCn1c[n+](S(=O)(=O)N(C)C)cc1-c1ccccc1Cl. The monoisotopic (exact) mass is 454 g/mol.